The van der Waals surface area contributed by atoms with Crippen LogP contribution in [0.2, 0.25) is 18.1 Å². The van der Waals surface area contributed by atoms with Gasteiger partial charge in [-0.2, -0.15) is 0 Å². The van der Waals surface area contributed by atoms with Crippen LogP contribution in [-0.2, 0) is 0 Å². The largest absolute Gasteiger partial charge is 0.432 e. The van der Waals surface area contributed by atoms with Crippen LogP contribution < -0.4 is 0 Å². The first-order chi connectivity index (χ1) is 5.81. The van der Waals surface area contributed by atoms with Crippen LogP contribution in [0, 0.1) is 0 Å². The van der Waals surface area contributed by atoms with Gasteiger partial charge in [0.15, 0.2) is 8.32 Å². The van der Waals surface area contributed by atoms with Crippen LogP contribution >= 0.6 is 0 Å². The normalized spacial score (nSPS) is 14.0. The molecule has 0 rings (SSSR count). The molecule has 0 amide bonds. The molecule has 0 unspecified atom stereocenters. The molecule has 0 aliphatic carbocycles. The molecule has 0 radical (unpaired) electrons. The Hall–Kier alpha value is -0.0831. The molecule has 1 nitrogen and oxygen atoms in total. The van der Waals surface area contributed by atoms with E-state index in [9.17, 15) is 4.80 Å². The fraction of sp³-hybridized carbons (Fsp3) is 0.818. The van der Waals surface area contributed by atoms with Crippen LogP contribution in [0.15, 0.2) is 12.2 Å². The van der Waals surface area contributed by atoms with E-state index in [1.807, 2.05) is 13.1 Å². The molecule has 0 atom stereocenters. The minimum Gasteiger partial charge on any atom is -0.432 e. The van der Waals surface area contributed by atoms with Crippen LogP contribution in [0.25, 0.3) is 0 Å². The maximum atomic E-state index is 10.0. The topological polar surface area (TPSA) is 20.2 Å². The summed E-state index contributed by atoms with van der Waals surface area (Å²) in [6.45, 7) is 10.5. The SMILES string of the molecule is CC=CCCCC(C)(C)[Si](C)(C)O. The minimum absolute atomic E-state index is 0.147. The minimum atomic E-state index is -1.97. The molecule has 0 saturated carbocycles. The Balaban J connectivity index is 3.90. The summed E-state index contributed by atoms with van der Waals surface area (Å²) < 4.78 is 0. The zero-order valence-corrected chi connectivity index (χ0v) is 10.7. The van der Waals surface area contributed by atoms with E-state index in [0.717, 1.165) is 12.8 Å². The second-order valence-electron chi connectivity index (χ2n) is 4.90. The molecule has 0 aliphatic rings. The third kappa shape index (κ3) is 4.63. The van der Waals surface area contributed by atoms with E-state index in [-0.39, 0.29) is 5.04 Å². The lowest BCUT2D eigenvalue weighted by Gasteiger charge is -2.35. The van der Waals surface area contributed by atoms with Gasteiger partial charge in [-0.1, -0.05) is 26.0 Å². The van der Waals surface area contributed by atoms with Crippen LogP contribution in [-0.4, -0.2) is 13.1 Å². The Bertz CT molecular complexity index is 165. The molecule has 0 heterocycles. The molecule has 0 aliphatic heterocycles. The van der Waals surface area contributed by atoms with Gasteiger partial charge in [0.05, 0.1) is 0 Å². The molecular formula is C11H24OSi. The van der Waals surface area contributed by atoms with Crippen molar-refractivity contribution in [2.45, 2.75) is 58.2 Å². The summed E-state index contributed by atoms with van der Waals surface area (Å²) in [6, 6.07) is 0. The zero-order chi connectivity index (χ0) is 10.5. The van der Waals surface area contributed by atoms with Crippen LogP contribution in [0.1, 0.15) is 40.0 Å². The van der Waals surface area contributed by atoms with Gasteiger partial charge in [-0.15, -0.1) is 0 Å². The number of allylic oxidation sites excluding steroid dienone is 2. The molecule has 78 valence electrons. The Morgan fingerprint density at radius 3 is 2.23 bits per heavy atom. The van der Waals surface area contributed by atoms with Gasteiger partial charge >= 0.3 is 0 Å². The molecule has 0 aromatic heterocycles. The number of unbranched alkanes of at least 4 members (excludes halogenated alkanes) is 1. The van der Waals surface area contributed by atoms with Gasteiger partial charge in [0.1, 0.15) is 0 Å². The zero-order valence-electron chi connectivity index (χ0n) is 9.72. The first-order valence-corrected chi connectivity index (χ1v) is 8.09. The average molecular weight is 200 g/mol. The molecule has 0 bridgehead atoms. The van der Waals surface area contributed by atoms with E-state index in [0.29, 0.717) is 0 Å². The van der Waals surface area contributed by atoms with Crippen molar-refractivity contribution in [3.8, 4) is 0 Å². The second kappa shape index (κ2) is 4.96. The first kappa shape index (κ1) is 12.9. The van der Waals surface area contributed by atoms with Crippen molar-refractivity contribution in [2.24, 2.45) is 0 Å². The Kier molecular flexibility index (Phi) is 4.93. The summed E-state index contributed by atoms with van der Waals surface area (Å²) in [5, 5.41) is 0.147. The highest BCUT2D eigenvalue weighted by Gasteiger charge is 2.36. The highest BCUT2D eigenvalue weighted by atomic mass is 28.4. The van der Waals surface area contributed by atoms with E-state index in [1.165, 1.54) is 6.42 Å². The van der Waals surface area contributed by atoms with Gasteiger partial charge < -0.3 is 4.80 Å². The third-order valence-corrected chi connectivity index (χ3v) is 6.63. The molecule has 0 fully saturated rings. The highest BCUT2D eigenvalue weighted by Crippen LogP contribution is 2.39. The van der Waals surface area contributed by atoms with Crippen molar-refractivity contribution in [2.75, 3.05) is 0 Å². The standard InChI is InChI=1S/C11H24OSi/c1-6-7-8-9-10-11(2,3)13(4,5)12/h6-7,12H,8-10H2,1-5H3. The molecule has 0 aromatic rings. The van der Waals surface area contributed by atoms with Crippen LogP contribution in [0.5, 0.6) is 0 Å². The lowest BCUT2D eigenvalue weighted by Crippen LogP contribution is -2.38. The Morgan fingerprint density at radius 1 is 1.31 bits per heavy atom. The summed E-state index contributed by atoms with van der Waals surface area (Å²) in [6.07, 6.45) is 7.75. The van der Waals surface area contributed by atoms with Gasteiger partial charge in [-0.25, -0.2) is 0 Å². The van der Waals surface area contributed by atoms with Crippen molar-refractivity contribution in [1.82, 2.24) is 0 Å². The fourth-order valence-corrected chi connectivity index (χ4v) is 1.92. The van der Waals surface area contributed by atoms with Crippen LogP contribution in [0.4, 0.5) is 0 Å². The van der Waals surface area contributed by atoms with Crippen molar-refractivity contribution in [1.29, 1.82) is 0 Å². The van der Waals surface area contributed by atoms with Crippen molar-refractivity contribution in [3.05, 3.63) is 12.2 Å². The van der Waals surface area contributed by atoms with Gasteiger partial charge in [0.25, 0.3) is 0 Å². The van der Waals surface area contributed by atoms with E-state index >= 15 is 0 Å². The molecule has 0 aromatic carbocycles. The molecule has 2 heteroatoms. The van der Waals surface area contributed by atoms with Gasteiger partial charge in [-0.05, 0) is 44.3 Å². The van der Waals surface area contributed by atoms with Crippen LogP contribution in [0.3, 0.4) is 0 Å². The van der Waals surface area contributed by atoms with E-state index in [2.05, 4.69) is 32.9 Å². The monoisotopic (exact) mass is 200 g/mol. The van der Waals surface area contributed by atoms with Crippen molar-refractivity contribution < 1.29 is 4.80 Å². The lowest BCUT2D eigenvalue weighted by molar-refractivity contribution is 0.444. The van der Waals surface area contributed by atoms with E-state index in [1.54, 1.807) is 0 Å². The first-order valence-electron chi connectivity index (χ1n) is 5.15. The molecule has 0 saturated heterocycles. The smallest absolute Gasteiger partial charge is 0.188 e. The van der Waals surface area contributed by atoms with E-state index in [4.69, 9.17) is 0 Å². The highest BCUT2D eigenvalue weighted by molar-refractivity contribution is 6.72. The summed E-state index contributed by atoms with van der Waals surface area (Å²) in [4.78, 5) is 10.0. The quantitative estimate of drug-likeness (QED) is 0.407. The maximum Gasteiger partial charge on any atom is 0.188 e. The lowest BCUT2D eigenvalue weighted by atomic mass is 10.1. The summed E-state index contributed by atoms with van der Waals surface area (Å²) in [7, 11) is -1.97. The van der Waals surface area contributed by atoms with E-state index < -0.39 is 8.32 Å². The van der Waals surface area contributed by atoms with Gasteiger partial charge in [-0.3, -0.25) is 0 Å². The predicted molar refractivity (Wildman–Crippen MR) is 62.4 cm³/mol. The Morgan fingerprint density at radius 2 is 1.85 bits per heavy atom. The molecule has 0 spiro atoms. The number of rotatable bonds is 5. The molecule has 13 heavy (non-hydrogen) atoms. The Labute approximate surface area is 84.0 Å². The summed E-state index contributed by atoms with van der Waals surface area (Å²) >= 11 is 0. The second-order valence-corrected chi connectivity index (χ2v) is 9.38. The number of hydrogen-bond donors (Lipinski definition) is 1. The number of hydrogen-bond acceptors (Lipinski definition) is 1. The molecular weight excluding hydrogens is 176 g/mol. The molecule has 1 N–H and O–H groups in total. The van der Waals surface area contributed by atoms with Crippen molar-refractivity contribution in [3.63, 3.8) is 0 Å². The summed E-state index contributed by atoms with van der Waals surface area (Å²) in [5.74, 6) is 0. The predicted octanol–water partition coefficient (Wildman–Crippen LogP) is 3.71. The maximum absolute atomic E-state index is 10.0. The third-order valence-electron chi connectivity index (χ3n) is 3.06. The summed E-state index contributed by atoms with van der Waals surface area (Å²) in [5.41, 5.74) is 0. The van der Waals surface area contributed by atoms with Crippen molar-refractivity contribution >= 4 is 8.32 Å². The van der Waals surface area contributed by atoms with Gasteiger partial charge in [0, 0.05) is 0 Å². The fourth-order valence-electron chi connectivity index (χ4n) is 1.13. The average Bonchev–Trinajstić information content (AvgIpc) is 1.96. The van der Waals surface area contributed by atoms with Gasteiger partial charge in [0.2, 0.25) is 0 Å².